The zero-order valence-electron chi connectivity index (χ0n) is 9.61. The van der Waals surface area contributed by atoms with E-state index in [4.69, 9.17) is 0 Å². The first-order valence-corrected chi connectivity index (χ1v) is 5.23. The molecular formula is C11H11FN4O2. The van der Waals surface area contributed by atoms with Gasteiger partial charge in [-0.2, -0.15) is 0 Å². The van der Waals surface area contributed by atoms with Gasteiger partial charge in [-0.15, -0.1) is 0 Å². The highest BCUT2D eigenvalue weighted by molar-refractivity contribution is 5.90. The van der Waals surface area contributed by atoms with Crippen LogP contribution in [0.2, 0.25) is 0 Å². The number of hydrogen-bond donors (Lipinski definition) is 2. The van der Waals surface area contributed by atoms with Crippen molar-refractivity contribution < 1.29 is 13.8 Å². The fourth-order valence-electron chi connectivity index (χ4n) is 1.34. The van der Waals surface area contributed by atoms with Gasteiger partial charge in [-0.25, -0.2) is 9.02 Å². The molecule has 18 heavy (non-hydrogen) atoms. The summed E-state index contributed by atoms with van der Waals surface area (Å²) in [5.41, 5.74) is 0.869. The van der Waals surface area contributed by atoms with Crippen LogP contribution in [0.5, 0.6) is 0 Å². The first-order chi connectivity index (χ1) is 8.65. The summed E-state index contributed by atoms with van der Waals surface area (Å²) in [5, 5.41) is 12.6. The Morgan fingerprint density at radius 1 is 1.28 bits per heavy atom. The van der Waals surface area contributed by atoms with E-state index in [1.807, 2.05) is 0 Å². The zero-order valence-corrected chi connectivity index (χ0v) is 9.61. The van der Waals surface area contributed by atoms with Crippen LogP contribution >= 0.6 is 0 Å². The van der Waals surface area contributed by atoms with Crippen LogP contribution in [0.3, 0.4) is 0 Å². The van der Waals surface area contributed by atoms with Crippen molar-refractivity contribution in [3.8, 4) is 0 Å². The smallest absolute Gasteiger partial charge is 0.222 e. The fraction of sp³-hybridized carbons (Fsp3) is 0.182. The third kappa shape index (κ3) is 3.03. The van der Waals surface area contributed by atoms with Gasteiger partial charge < -0.3 is 10.6 Å². The van der Waals surface area contributed by atoms with E-state index >= 15 is 0 Å². The van der Waals surface area contributed by atoms with Crippen molar-refractivity contribution in [2.45, 2.75) is 13.5 Å². The van der Waals surface area contributed by atoms with Gasteiger partial charge in [0.2, 0.25) is 17.5 Å². The second-order valence-electron chi connectivity index (χ2n) is 3.62. The summed E-state index contributed by atoms with van der Waals surface area (Å²) in [4.78, 5) is 10.9. The van der Waals surface area contributed by atoms with E-state index in [1.54, 1.807) is 12.1 Å². The van der Waals surface area contributed by atoms with Gasteiger partial charge in [-0.1, -0.05) is 12.1 Å². The molecule has 0 radical (unpaired) electrons. The van der Waals surface area contributed by atoms with E-state index in [0.717, 1.165) is 5.56 Å². The predicted octanol–water partition coefficient (Wildman–Crippen LogP) is 1.78. The number of anilines is 2. The number of nitrogens with zero attached hydrogens (tertiary/aromatic N) is 2. The van der Waals surface area contributed by atoms with Gasteiger partial charge in [0, 0.05) is 13.5 Å². The van der Waals surface area contributed by atoms with Gasteiger partial charge in [0.1, 0.15) is 5.82 Å². The summed E-state index contributed by atoms with van der Waals surface area (Å²) < 4.78 is 17.2. The quantitative estimate of drug-likeness (QED) is 0.864. The SMILES string of the molecule is CC(=O)Nc1nonc1NCc1ccc(F)cc1. The Morgan fingerprint density at radius 3 is 2.61 bits per heavy atom. The molecule has 1 heterocycles. The van der Waals surface area contributed by atoms with Crippen molar-refractivity contribution in [3.05, 3.63) is 35.6 Å². The fourth-order valence-corrected chi connectivity index (χ4v) is 1.34. The average Bonchev–Trinajstić information content (AvgIpc) is 2.75. The molecular weight excluding hydrogens is 239 g/mol. The molecule has 2 rings (SSSR count). The molecule has 2 N–H and O–H groups in total. The lowest BCUT2D eigenvalue weighted by molar-refractivity contribution is -0.114. The summed E-state index contributed by atoms with van der Waals surface area (Å²) in [6.07, 6.45) is 0. The molecule has 6 nitrogen and oxygen atoms in total. The molecule has 1 aromatic carbocycles. The van der Waals surface area contributed by atoms with Crippen molar-refractivity contribution in [2.24, 2.45) is 0 Å². The van der Waals surface area contributed by atoms with Crippen LogP contribution in [-0.4, -0.2) is 16.2 Å². The number of rotatable bonds is 4. The Balaban J connectivity index is 1.99. The van der Waals surface area contributed by atoms with Crippen molar-refractivity contribution in [2.75, 3.05) is 10.6 Å². The molecule has 0 fully saturated rings. The number of aromatic nitrogens is 2. The summed E-state index contributed by atoms with van der Waals surface area (Å²) in [6.45, 7) is 1.78. The van der Waals surface area contributed by atoms with E-state index in [1.165, 1.54) is 19.1 Å². The number of benzene rings is 1. The molecule has 1 amide bonds. The Labute approximate surface area is 102 Å². The lowest BCUT2D eigenvalue weighted by Crippen LogP contribution is -2.09. The van der Waals surface area contributed by atoms with Gasteiger partial charge in [-0.3, -0.25) is 4.79 Å². The minimum atomic E-state index is -0.291. The third-order valence-corrected chi connectivity index (χ3v) is 2.16. The Kier molecular flexibility index (Phi) is 3.52. The number of carbonyl (C=O) groups excluding carboxylic acids is 1. The number of nitrogens with one attached hydrogen (secondary N) is 2. The van der Waals surface area contributed by atoms with Crippen molar-refractivity contribution in [3.63, 3.8) is 0 Å². The van der Waals surface area contributed by atoms with Gasteiger partial charge in [-0.05, 0) is 28.0 Å². The molecule has 94 valence electrons. The largest absolute Gasteiger partial charge is 0.360 e. The highest BCUT2D eigenvalue weighted by Gasteiger charge is 2.10. The van der Waals surface area contributed by atoms with E-state index < -0.39 is 0 Å². The average molecular weight is 250 g/mol. The topological polar surface area (TPSA) is 80.1 Å². The van der Waals surface area contributed by atoms with E-state index in [0.29, 0.717) is 12.4 Å². The van der Waals surface area contributed by atoms with Crippen LogP contribution in [0.15, 0.2) is 28.9 Å². The second-order valence-corrected chi connectivity index (χ2v) is 3.62. The predicted molar refractivity (Wildman–Crippen MR) is 62.3 cm³/mol. The maximum atomic E-state index is 12.7. The second kappa shape index (κ2) is 5.26. The molecule has 7 heteroatoms. The van der Waals surface area contributed by atoms with Crippen molar-refractivity contribution >= 4 is 17.5 Å². The lowest BCUT2D eigenvalue weighted by Gasteiger charge is -2.04. The molecule has 0 saturated heterocycles. The maximum absolute atomic E-state index is 12.7. The first-order valence-electron chi connectivity index (χ1n) is 5.23. The molecule has 0 bridgehead atoms. The van der Waals surface area contributed by atoms with Crippen LogP contribution < -0.4 is 10.6 Å². The molecule has 1 aromatic heterocycles. The van der Waals surface area contributed by atoms with Crippen molar-refractivity contribution in [1.82, 2.24) is 10.3 Å². The molecule has 0 saturated carbocycles. The van der Waals surface area contributed by atoms with Gasteiger partial charge in [0.05, 0.1) is 0 Å². The summed E-state index contributed by atoms with van der Waals surface area (Å²) in [6, 6.07) is 6.03. The highest BCUT2D eigenvalue weighted by Crippen LogP contribution is 2.16. The molecule has 0 aliphatic rings. The number of carbonyl (C=O) groups is 1. The highest BCUT2D eigenvalue weighted by atomic mass is 19.1. The minimum Gasteiger partial charge on any atom is -0.360 e. The van der Waals surface area contributed by atoms with Gasteiger partial charge >= 0.3 is 0 Å². The van der Waals surface area contributed by atoms with E-state index in [9.17, 15) is 9.18 Å². The Bertz CT molecular complexity index is 538. The van der Waals surface area contributed by atoms with Gasteiger partial charge in [0.15, 0.2) is 0 Å². The molecule has 0 aliphatic carbocycles. The monoisotopic (exact) mass is 250 g/mol. The van der Waals surface area contributed by atoms with Gasteiger partial charge in [0.25, 0.3) is 0 Å². The number of halogens is 1. The number of amides is 1. The van der Waals surface area contributed by atoms with Crippen LogP contribution in [0.1, 0.15) is 12.5 Å². The van der Waals surface area contributed by atoms with Crippen LogP contribution in [0.25, 0.3) is 0 Å². The lowest BCUT2D eigenvalue weighted by atomic mass is 10.2. The van der Waals surface area contributed by atoms with Crippen LogP contribution in [-0.2, 0) is 11.3 Å². The standard InChI is InChI=1S/C11H11FN4O2/c1-7(17)14-11-10(15-18-16-11)13-6-8-2-4-9(12)5-3-8/h2-5H,6H2,1H3,(H,13,15)(H,14,16,17). The third-order valence-electron chi connectivity index (χ3n) is 2.16. The summed E-state index contributed by atoms with van der Waals surface area (Å²) in [7, 11) is 0. The molecule has 0 spiro atoms. The zero-order chi connectivity index (χ0) is 13.0. The van der Waals surface area contributed by atoms with Crippen molar-refractivity contribution in [1.29, 1.82) is 0 Å². The molecule has 0 aliphatic heterocycles. The first kappa shape index (κ1) is 12.0. The molecule has 0 atom stereocenters. The van der Waals surface area contributed by atoms with E-state index in [2.05, 4.69) is 25.6 Å². The Hall–Kier alpha value is -2.44. The van der Waals surface area contributed by atoms with Crippen LogP contribution in [0, 0.1) is 5.82 Å². The molecule has 2 aromatic rings. The normalized spacial score (nSPS) is 10.1. The Morgan fingerprint density at radius 2 is 1.94 bits per heavy atom. The summed E-state index contributed by atoms with van der Waals surface area (Å²) in [5.74, 6) is -0.00421. The van der Waals surface area contributed by atoms with E-state index in [-0.39, 0.29) is 17.5 Å². The molecule has 0 unspecified atom stereocenters. The maximum Gasteiger partial charge on any atom is 0.222 e. The van der Waals surface area contributed by atoms with Crippen LogP contribution in [0.4, 0.5) is 16.0 Å². The summed E-state index contributed by atoms with van der Waals surface area (Å²) >= 11 is 0. The minimum absolute atomic E-state index is 0.226. The number of hydrogen-bond acceptors (Lipinski definition) is 5.